The lowest BCUT2D eigenvalue weighted by Crippen LogP contribution is -2.21. The molecule has 0 radical (unpaired) electrons. The van der Waals surface area contributed by atoms with Crippen molar-refractivity contribution in [2.75, 3.05) is 5.32 Å². The molecule has 0 saturated heterocycles. The molecule has 30 heavy (non-hydrogen) atoms. The maximum absolute atomic E-state index is 12.8. The van der Waals surface area contributed by atoms with Crippen molar-refractivity contribution in [2.24, 2.45) is 5.41 Å². The van der Waals surface area contributed by atoms with Crippen molar-refractivity contribution in [3.63, 3.8) is 0 Å². The van der Waals surface area contributed by atoms with Crippen molar-refractivity contribution in [1.82, 2.24) is 0 Å². The van der Waals surface area contributed by atoms with Crippen molar-refractivity contribution in [1.29, 1.82) is 0 Å². The standard InChI is InChI=1S/C20H21F8NS/c1-14(29-17-7-9-18(10-8-17)30(24,25,26,27)28)19(2,3)12-11-15-5-4-6-16(13-15)20(21,22)23/h4-10,13,29H,1,11-12H2,2-3H3. The van der Waals surface area contributed by atoms with Crippen LogP contribution in [0.15, 0.2) is 65.7 Å². The molecule has 2 aromatic carbocycles. The van der Waals surface area contributed by atoms with Crippen LogP contribution in [-0.2, 0) is 12.6 Å². The van der Waals surface area contributed by atoms with Gasteiger partial charge in [0.05, 0.1) is 5.56 Å². The Morgan fingerprint density at radius 2 is 1.50 bits per heavy atom. The SMILES string of the molecule is C=C(Nc1ccc(S(F)(F)(F)(F)F)cc1)C(C)(C)CCc1cccc(C(F)(F)F)c1. The van der Waals surface area contributed by atoms with Crippen molar-refractivity contribution in [3.05, 3.63) is 71.9 Å². The van der Waals surface area contributed by atoms with Gasteiger partial charge < -0.3 is 5.32 Å². The molecule has 0 saturated carbocycles. The molecule has 0 fully saturated rings. The van der Waals surface area contributed by atoms with E-state index in [0.717, 1.165) is 24.3 Å². The molecule has 168 valence electrons. The molecule has 1 nitrogen and oxygen atoms in total. The molecular formula is C20H21F8NS. The zero-order chi connectivity index (χ0) is 23.1. The van der Waals surface area contributed by atoms with E-state index in [1.165, 1.54) is 6.07 Å². The van der Waals surface area contributed by atoms with E-state index in [1.54, 1.807) is 19.9 Å². The molecule has 0 aliphatic carbocycles. The van der Waals surface area contributed by atoms with Gasteiger partial charge in [0.1, 0.15) is 4.90 Å². The Morgan fingerprint density at radius 1 is 0.933 bits per heavy atom. The monoisotopic (exact) mass is 459 g/mol. The molecule has 2 aromatic rings. The Balaban J connectivity index is 2.06. The van der Waals surface area contributed by atoms with E-state index in [4.69, 9.17) is 0 Å². The second-order valence-electron chi connectivity index (χ2n) is 7.68. The van der Waals surface area contributed by atoms with Gasteiger partial charge in [-0.1, -0.05) is 58.1 Å². The summed E-state index contributed by atoms with van der Waals surface area (Å²) in [6.07, 6.45) is -3.75. The first-order valence-corrected chi connectivity index (χ1v) is 10.7. The highest BCUT2D eigenvalue weighted by atomic mass is 32.5. The molecular weight excluding hydrogens is 438 g/mol. The fourth-order valence-corrected chi connectivity index (χ4v) is 3.30. The fraction of sp³-hybridized carbons (Fsp3) is 0.300. The smallest absolute Gasteiger partial charge is 0.359 e. The lowest BCUT2D eigenvalue weighted by atomic mass is 9.83. The zero-order valence-corrected chi connectivity index (χ0v) is 17.0. The third kappa shape index (κ3) is 6.38. The van der Waals surface area contributed by atoms with Crippen molar-refractivity contribution in [3.8, 4) is 0 Å². The van der Waals surface area contributed by atoms with Gasteiger partial charge in [-0.2, -0.15) is 13.2 Å². The molecule has 0 aliphatic rings. The number of allylic oxidation sites excluding steroid dienone is 1. The van der Waals surface area contributed by atoms with E-state index in [1.807, 2.05) is 0 Å². The van der Waals surface area contributed by atoms with Gasteiger partial charge in [0, 0.05) is 16.8 Å². The summed E-state index contributed by atoms with van der Waals surface area (Å²) < 4.78 is 102. The van der Waals surface area contributed by atoms with E-state index in [2.05, 4.69) is 11.9 Å². The summed E-state index contributed by atoms with van der Waals surface area (Å²) in [5.41, 5.74) is -0.399. The molecule has 0 amide bonds. The summed E-state index contributed by atoms with van der Waals surface area (Å²) >= 11 is 0. The van der Waals surface area contributed by atoms with E-state index >= 15 is 0 Å². The van der Waals surface area contributed by atoms with Crippen LogP contribution < -0.4 is 5.32 Å². The third-order valence-corrected chi connectivity index (χ3v) is 5.87. The number of alkyl halides is 3. The highest BCUT2D eigenvalue weighted by Gasteiger charge is 2.65. The molecule has 0 unspecified atom stereocenters. The highest BCUT2D eigenvalue weighted by molar-refractivity contribution is 8.45. The van der Waals surface area contributed by atoms with Gasteiger partial charge in [0.2, 0.25) is 0 Å². The first-order valence-electron chi connectivity index (χ1n) is 8.75. The zero-order valence-electron chi connectivity index (χ0n) is 16.2. The van der Waals surface area contributed by atoms with Gasteiger partial charge in [-0.25, -0.2) is 0 Å². The van der Waals surface area contributed by atoms with Gasteiger partial charge in [-0.3, -0.25) is 0 Å². The summed E-state index contributed by atoms with van der Waals surface area (Å²) in [4.78, 5) is -1.99. The molecule has 0 atom stereocenters. The second-order valence-corrected chi connectivity index (χ2v) is 10.1. The number of aryl methyl sites for hydroxylation is 1. The number of nitrogens with one attached hydrogen (secondary N) is 1. The number of anilines is 1. The van der Waals surface area contributed by atoms with Crippen molar-refractivity contribution >= 4 is 15.9 Å². The number of benzene rings is 2. The molecule has 10 heteroatoms. The van der Waals surface area contributed by atoms with Gasteiger partial charge in [0.25, 0.3) is 0 Å². The number of hydrogen-bond donors (Lipinski definition) is 1. The topological polar surface area (TPSA) is 12.0 Å². The molecule has 0 spiro atoms. The minimum Gasteiger partial charge on any atom is -0.359 e. The average molecular weight is 459 g/mol. The minimum absolute atomic E-state index is 0.137. The van der Waals surface area contributed by atoms with Crippen LogP contribution >= 0.6 is 10.2 Å². The van der Waals surface area contributed by atoms with E-state index in [0.29, 0.717) is 36.2 Å². The Kier molecular flexibility index (Phi) is 5.53. The predicted molar refractivity (Wildman–Crippen MR) is 104 cm³/mol. The van der Waals surface area contributed by atoms with Crippen LogP contribution in [0.25, 0.3) is 0 Å². The minimum atomic E-state index is -9.74. The first-order chi connectivity index (χ1) is 13.3. The van der Waals surface area contributed by atoms with Crippen LogP contribution in [0.3, 0.4) is 0 Å². The van der Waals surface area contributed by atoms with Crippen LogP contribution in [0.5, 0.6) is 0 Å². The molecule has 0 bridgehead atoms. The fourth-order valence-electron chi connectivity index (χ4n) is 2.65. The summed E-state index contributed by atoms with van der Waals surface area (Å²) in [7, 11) is -9.74. The molecule has 2 rings (SSSR count). The Hall–Kier alpha value is -2.23. The van der Waals surface area contributed by atoms with Crippen LogP contribution in [0.2, 0.25) is 0 Å². The Morgan fingerprint density at radius 3 is 2.00 bits per heavy atom. The van der Waals surface area contributed by atoms with Crippen molar-refractivity contribution in [2.45, 2.75) is 37.8 Å². The van der Waals surface area contributed by atoms with E-state index in [-0.39, 0.29) is 5.69 Å². The van der Waals surface area contributed by atoms with Crippen LogP contribution in [0.1, 0.15) is 31.4 Å². The molecule has 0 aliphatic heterocycles. The van der Waals surface area contributed by atoms with Crippen LogP contribution in [0, 0.1) is 5.41 Å². The second kappa shape index (κ2) is 6.90. The van der Waals surface area contributed by atoms with Gasteiger partial charge in [-0.15, -0.1) is 0 Å². The quantitative estimate of drug-likeness (QED) is 0.408. The van der Waals surface area contributed by atoms with Crippen LogP contribution in [0.4, 0.5) is 38.3 Å². The maximum atomic E-state index is 12.8. The average Bonchev–Trinajstić information content (AvgIpc) is 2.58. The Labute approximate surface area is 169 Å². The number of rotatable bonds is 7. The Bertz CT molecular complexity index is 929. The molecule has 0 aromatic heterocycles. The number of hydrogen-bond acceptors (Lipinski definition) is 1. The molecule has 1 N–H and O–H groups in total. The van der Waals surface area contributed by atoms with E-state index < -0.39 is 32.3 Å². The highest BCUT2D eigenvalue weighted by Crippen LogP contribution is 3.02. The third-order valence-electron chi connectivity index (χ3n) is 4.70. The lowest BCUT2D eigenvalue weighted by Gasteiger charge is -2.40. The van der Waals surface area contributed by atoms with E-state index in [9.17, 15) is 32.6 Å². The van der Waals surface area contributed by atoms with Crippen molar-refractivity contribution < 1.29 is 32.6 Å². The van der Waals surface area contributed by atoms with Crippen LogP contribution in [-0.4, -0.2) is 0 Å². The first kappa shape index (κ1) is 24.0. The lowest BCUT2D eigenvalue weighted by molar-refractivity contribution is -0.137. The predicted octanol–water partition coefficient (Wildman–Crippen LogP) is 8.95. The van der Waals surface area contributed by atoms with Gasteiger partial charge in [-0.05, 0) is 48.7 Å². The summed E-state index contributed by atoms with van der Waals surface area (Å²) in [5.74, 6) is 0. The largest absolute Gasteiger partial charge is 0.416 e. The normalized spacial score (nSPS) is 15.3. The number of halogens is 8. The maximum Gasteiger partial charge on any atom is 0.416 e. The molecule has 0 heterocycles. The summed E-state index contributed by atoms with van der Waals surface area (Å²) in [5, 5.41) is 2.78. The van der Waals surface area contributed by atoms with Gasteiger partial charge >= 0.3 is 16.4 Å². The summed E-state index contributed by atoms with van der Waals surface area (Å²) in [6, 6.07) is 7.28. The summed E-state index contributed by atoms with van der Waals surface area (Å²) in [6.45, 7) is 7.36. The van der Waals surface area contributed by atoms with Gasteiger partial charge in [0.15, 0.2) is 0 Å².